The minimum absolute atomic E-state index is 0.159. The highest BCUT2D eigenvalue weighted by Crippen LogP contribution is 2.41. The Morgan fingerprint density at radius 2 is 1.70 bits per heavy atom. The first kappa shape index (κ1) is 19.2. The van der Waals surface area contributed by atoms with Crippen molar-refractivity contribution in [2.75, 3.05) is 0 Å². The third kappa shape index (κ3) is 3.17. The summed E-state index contributed by atoms with van der Waals surface area (Å²) in [5.74, 6) is 0.238. The highest BCUT2D eigenvalue weighted by Gasteiger charge is 2.41. The van der Waals surface area contributed by atoms with Crippen LogP contribution >= 0.6 is 23.2 Å². The minimum atomic E-state index is -1.17. The van der Waals surface area contributed by atoms with Gasteiger partial charge in [-0.15, -0.1) is 0 Å². The Morgan fingerprint density at radius 3 is 2.33 bits per heavy atom. The first-order chi connectivity index (χ1) is 14.5. The number of hydrogen-bond acceptors (Lipinski definition) is 5. The van der Waals surface area contributed by atoms with Crippen LogP contribution in [-0.4, -0.2) is 43.1 Å². The monoisotopic (exact) mass is 440 g/mol. The molecule has 2 atom stereocenters. The van der Waals surface area contributed by atoms with Gasteiger partial charge >= 0.3 is 0 Å². The number of aliphatic hydroxyl groups is 2. The van der Waals surface area contributed by atoms with E-state index in [2.05, 4.69) is 10.1 Å². The summed E-state index contributed by atoms with van der Waals surface area (Å²) in [4.78, 5) is 4.37. The topological polar surface area (TPSA) is 73.9 Å². The molecule has 0 spiro atoms. The second-order valence-electron chi connectivity index (χ2n) is 7.35. The third-order valence-electron chi connectivity index (χ3n) is 5.51. The molecule has 0 saturated carbocycles. The molecular formula is C22H18Cl2N4O2. The predicted molar refractivity (Wildman–Crippen MR) is 117 cm³/mol. The van der Waals surface area contributed by atoms with Gasteiger partial charge in [0.25, 0.3) is 0 Å². The van der Waals surface area contributed by atoms with Crippen LogP contribution in [-0.2, 0) is 6.54 Å². The van der Waals surface area contributed by atoms with Crippen LogP contribution < -0.4 is 0 Å². The van der Waals surface area contributed by atoms with E-state index < -0.39 is 6.10 Å². The van der Waals surface area contributed by atoms with Gasteiger partial charge < -0.3 is 14.8 Å². The normalized spacial score (nSPS) is 20.5. The summed E-state index contributed by atoms with van der Waals surface area (Å²) in [5, 5.41) is 28.3. The summed E-state index contributed by atoms with van der Waals surface area (Å²) >= 11 is 12.6. The van der Waals surface area contributed by atoms with Crippen molar-refractivity contribution < 1.29 is 10.2 Å². The maximum absolute atomic E-state index is 10.7. The fourth-order valence-electron chi connectivity index (χ4n) is 4.23. The molecule has 2 N–H and O–H groups in total. The average Bonchev–Trinajstić information content (AvgIpc) is 3.19. The van der Waals surface area contributed by atoms with Gasteiger partial charge in [-0.05, 0) is 35.4 Å². The smallest absolute Gasteiger partial charge is 0.161 e. The highest BCUT2D eigenvalue weighted by molar-refractivity contribution is 6.31. The van der Waals surface area contributed by atoms with Crippen LogP contribution in [0.4, 0.5) is 0 Å². The van der Waals surface area contributed by atoms with E-state index in [-0.39, 0.29) is 17.7 Å². The lowest BCUT2D eigenvalue weighted by Gasteiger charge is -2.42. The largest absolute Gasteiger partial charge is 0.507 e. The molecule has 1 aromatic heterocycles. The average molecular weight is 441 g/mol. The summed E-state index contributed by atoms with van der Waals surface area (Å²) in [7, 11) is 0. The molecule has 0 radical (unpaired) electrons. The summed E-state index contributed by atoms with van der Waals surface area (Å²) in [5.41, 5.74) is 2.40. The second kappa shape index (κ2) is 7.47. The van der Waals surface area contributed by atoms with Crippen LogP contribution in [0.3, 0.4) is 0 Å². The summed E-state index contributed by atoms with van der Waals surface area (Å²) in [6.07, 6.45) is 3.69. The van der Waals surface area contributed by atoms with Crippen molar-refractivity contribution in [3.63, 3.8) is 0 Å². The Kier molecular flexibility index (Phi) is 4.77. The lowest BCUT2D eigenvalue weighted by Crippen LogP contribution is -2.46. The number of aliphatic hydroxyl groups excluding tert-OH is 2. The number of aromatic nitrogens is 2. The predicted octanol–water partition coefficient (Wildman–Crippen LogP) is 4.29. The standard InChI is InChI=1S/C22H18Cl2N4O2/c23-15-5-1-3-13(9-15)19(14-4-2-6-16(24)10-14)17-12-27-8-7-25-22(27)20-21(30)18(29)11-26-28(17)20/h1-11,17-19,29-30H,12H2/t17-,18?/m1/s1. The molecular weight excluding hydrogens is 423 g/mol. The van der Waals surface area contributed by atoms with Crippen molar-refractivity contribution in [2.24, 2.45) is 5.10 Å². The maximum Gasteiger partial charge on any atom is 0.161 e. The Morgan fingerprint density at radius 1 is 1.03 bits per heavy atom. The Labute approximate surface area is 183 Å². The molecule has 0 saturated heterocycles. The molecule has 5 rings (SSSR count). The van der Waals surface area contributed by atoms with E-state index >= 15 is 0 Å². The van der Waals surface area contributed by atoms with Gasteiger partial charge in [0, 0.05) is 34.9 Å². The Balaban J connectivity index is 1.71. The lowest BCUT2D eigenvalue weighted by molar-refractivity contribution is 0.169. The number of rotatable bonds is 3. The molecule has 0 bridgehead atoms. The molecule has 152 valence electrons. The number of fused-ring (bicyclic) bond motifs is 3. The van der Waals surface area contributed by atoms with Gasteiger partial charge in [-0.25, -0.2) is 4.98 Å². The fourth-order valence-corrected chi connectivity index (χ4v) is 4.62. The van der Waals surface area contributed by atoms with Crippen molar-refractivity contribution in [2.45, 2.75) is 24.6 Å². The first-order valence-corrected chi connectivity index (χ1v) is 10.3. The number of imidazole rings is 1. The van der Waals surface area contributed by atoms with E-state index in [4.69, 9.17) is 23.2 Å². The van der Waals surface area contributed by atoms with Crippen molar-refractivity contribution in [1.29, 1.82) is 0 Å². The van der Waals surface area contributed by atoms with Gasteiger partial charge in [0.05, 0.1) is 12.3 Å². The molecule has 0 aliphatic carbocycles. The van der Waals surface area contributed by atoms with Crippen LogP contribution in [0.2, 0.25) is 10.0 Å². The molecule has 1 unspecified atom stereocenters. The zero-order valence-electron chi connectivity index (χ0n) is 15.7. The number of halogens is 2. The van der Waals surface area contributed by atoms with E-state index in [1.807, 2.05) is 59.3 Å². The van der Waals surface area contributed by atoms with E-state index in [0.717, 1.165) is 11.1 Å². The molecule has 3 aromatic rings. The minimum Gasteiger partial charge on any atom is -0.507 e. The molecule has 2 aliphatic heterocycles. The van der Waals surface area contributed by atoms with Gasteiger partial charge in [-0.1, -0.05) is 47.5 Å². The van der Waals surface area contributed by atoms with E-state index in [1.54, 1.807) is 11.2 Å². The molecule has 0 amide bonds. The maximum atomic E-state index is 10.7. The van der Waals surface area contributed by atoms with Crippen molar-refractivity contribution in [3.05, 3.63) is 93.7 Å². The van der Waals surface area contributed by atoms with Gasteiger partial charge in [0.15, 0.2) is 11.6 Å². The number of nitrogens with zero attached hydrogens (tertiary/aromatic N) is 4. The molecule has 8 heteroatoms. The molecule has 6 nitrogen and oxygen atoms in total. The molecule has 2 aromatic carbocycles. The Bertz CT molecular complexity index is 1130. The van der Waals surface area contributed by atoms with Crippen LogP contribution in [0.5, 0.6) is 0 Å². The Hall–Kier alpha value is -2.80. The van der Waals surface area contributed by atoms with Gasteiger partial charge in [-0.2, -0.15) is 5.10 Å². The SMILES string of the molecule is OC1=C2c3nccn3C[C@H](C(c3cccc(Cl)c3)c3cccc(Cl)c3)N2N=CC1O. The molecule has 2 aliphatic rings. The van der Waals surface area contributed by atoms with E-state index in [0.29, 0.717) is 28.1 Å². The van der Waals surface area contributed by atoms with E-state index in [1.165, 1.54) is 6.21 Å². The summed E-state index contributed by atoms with van der Waals surface area (Å²) < 4.78 is 1.96. The van der Waals surface area contributed by atoms with Gasteiger partial charge in [0.1, 0.15) is 11.8 Å². The quantitative estimate of drug-likeness (QED) is 0.636. The first-order valence-electron chi connectivity index (χ1n) is 9.50. The zero-order valence-corrected chi connectivity index (χ0v) is 17.2. The zero-order chi connectivity index (χ0) is 20.8. The highest BCUT2D eigenvalue weighted by atomic mass is 35.5. The van der Waals surface area contributed by atoms with Gasteiger partial charge in [-0.3, -0.25) is 5.01 Å². The summed E-state index contributed by atoms with van der Waals surface area (Å²) in [6.45, 7) is 0.573. The van der Waals surface area contributed by atoms with Crippen molar-refractivity contribution >= 4 is 35.1 Å². The van der Waals surface area contributed by atoms with E-state index in [9.17, 15) is 10.2 Å². The van der Waals surface area contributed by atoms with Crippen LogP contribution in [0.25, 0.3) is 5.70 Å². The number of hydrazone groups is 1. The van der Waals surface area contributed by atoms with Crippen LogP contribution in [0.15, 0.2) is 71.8 Å². The van der Waals surface area contributed by atoms with Crippen LogP contribution in [0, 0.1) is 0 Å². The van der Waals surface area contributed by atoms with Gasteiger partial charge in [0.2, 0.25) is 0 Å². The fraction of sp³-hybridized carbons (Fsp3) is 0.182. The second-order valence-corrected chi connectivity index (χ2v) is 8.22. The van der Waals surface area contributed by atoms with Crippen LogP contribution in [0.1, 0.15) is 22.9 Å². The molecule has 30 heavy (non-hydrogen) atoms. The lowest BCUT2D eigenvalue weighted by atomic mass is 9.83. The molecule has 0 fully saturated rings. The number of hydrogen-bond donors (Lipinski definition) is 2. The third-order valence-corrected chi connectivity index (χ3v) is 5.98. The summed E-state index contributed by atoms with van der Waals surface area (Å²) in [6, 6.07) is 15.2. The number of benzene rings is 2. The molecule has 3 heterocycles. The van der Waals surface area contributed by atoms with Crippen molar-refractivity contribution in [3.8, 4) is 0 Å². The van der Waals surface area contributed by atoms with Crippen molar-refractivity contribution in [1.82, 2.24) is 14.6 Å².